The van der Waals surface area contributed by atoms with Gasteiger partial charge in [0.1, 0.15) is 0 Å². The average Bonchev–Trinajstić information content (AvgIpc) is 2.22. The van der Waals surface area contributed by atoms with E-state index in [0.29, 0.717) is 26.2 Å². The van der Waals surface area contributed by atoms with Crippen molar-refractivity contribution in [3.05, 3.63) is 0 Å². The van der Waals surface area contributed by atoms with Gasteiger partial charge in [-0.2, -0.15) is 0 Å². The van der Waals surface area contributed by atoms with E-state index in [1.165, 1.54) is 4.90 Å². The van der Waals surface area contributed by atoms with E-state index < -0.39 is 0 Å². The van der Waals surface area contributed by atoms with Gasteiger partial charge >= 0.3 is 0 Å². The lowest BCUT2D eigenvalue weighted by Crippen LogP contribution is -2.55. The molecule has 2 N–H and O–H groups in total. The van der Waals surface area contributed by atoms with Gasteiger partial charge in [0.25, 0.3) is 0 Å². The highest BCUT2D eigenvalue weighted by Crippen LogP contribution is 2.07. The van der Waals surface area contributed by atoms with Gasteiger partial charge in [-0.25, -0.2) is 0 Å². The van der Waals surface area contributed by atoms with Crippen LogP contribution in [0.2, 0.25) is 0 Å². The molecule has 0 radical (unpaired) electrons. The van der Waals surface area contributed by atoms with Crippen LogP contribution >= 0.6 is 0 Å². The molecule has 1 aliphatic rings. The molecule has 0 aromatic heterocycles. The molecule has 1 atom stereocenters. The Balaban J connectivity index is 2.58. The van der Waals surface area contributed by atoms with Crippen LogP contribution in [0.1, 0.15) is 13.8 Å². The zero-order valence-corrected chi connectivity index (χ0v) is 9.40. The Bertz CT molecular complexity index is 237. The summed E-state index contributed by atoms with van der Waals surface area (Å²) in [5, 5.41) is 0. The Hall–Kier alpha value is -0.940. The van der Waals surface area contributed by atoms with E-state index in [-0.39, 0.29) is 17.7 Å². The van der Waals surface area contributed by atoms with Crippen molar-refractivity contribution in [1.82, 2.24) is 9.80 Å². The molecular formula is C10H19N3O2. The molecule has 0 aromatic rings. The van der Waals surface area contributed by atoms with Crippen molar-refractivity contribution in [3.63, 3.8) is 0 Å². The Morgan fingerprint density at radius 3 is 2.27 bits per heavy atom. The molecule has 1 saturated heterocycles. The van der Waals surface area contributed by atoms with Gasteiger partial charge < -0.3 is 5.73 Å². The van der Waals surface area contributed by atoms with Crippen molar-refractivity contribution in [3.8, 4) is 0 Å². The van der Waals surface area contributed by atoms with Gasteiger partial charge in [-0.3, -0.25) is 19.4 Å². The summed E-state index contributed by atoms with van der Waals surface area (Å²) in [7, 11) is 0. The normalized spacial score (nSPS) is 20.9. The summed E-state index contributed by atoms with van der Waals surface area (Å²) in [6.45, 7) is 6.25. The van der Waals surface area contributed by atoms with Crippen molar-refractivity contribution in [2.45, 2.75) is 13.8 Å². The first-order valence-corrected chi connectivity index (χ1v) is 5.34. The van der Waals surface area contributed by atoms with E-state index in [1.54, 1.807) is 0 Å². The minimum atomic E-state index is -0.103. The lowest BCUT2D eigenvalue weighted by Gasteiger charge is -2.33. The largest absolute Gasteiger partial charge is 0.330 e. The molecule has 0 bridgehead atoms. The van der Waals surface area contributed by atoms with Crippen molar-refractivity contribution in [1.29, 1.82) is 0 Å². The third-order valence-corrected chi connectivity index (χ3v) is 2.66. The first kappa shape index (κ1) is 12.1. The van der Waals surface area contributed by atoms with Crippen LogP contribution in [0.3, 0.4) is 0 Å². The Labute approximate surface area is 90.2 Å². The van der Waals surface area contributed by atoms with E-state index in [1.807, 2.05) is 18.7 Å². The van der Waals surface area contributed by atoms with E-state index in [2.05, 4.69) is 0 Å². The fraction of sp³-hybridized carbons (Fsp3) is 0.800. The highest BCUT2D eigenvalue weighted by Gasteiger charge is 2.30. The highest BCUT2D eigenvalue weighted by atomic mass is 16.2. The number of piperazine rings is 1. The van der Waals surface area contributed by atoms with Crippen molar-refractivity contribution < 1.29 is 9.59 Å². The van der Waals surface area contributed by atoms with Gasteiger partial charge in [-0.05, 0) is 19.0 Å². The second kappa shape index (κ2) is 5.23. The van der Waals surface area contributed by atoms with Gasteiger partial charge in [-0.15, -0.1) is 0 Å². The number of amides is 2. The summed E-state index contributed by atoms with van der Waals surface area (Å²) in [5.74, 6) is -0.0344. The number of carbonyl (C=O) groups is 2. The highest BCUT2D eigenvalue weighted by molar-refractivity contribution is 5.99. The maximum absolute atomic E-state index is 11.6. The van der Waals surface area contributed by atoms with Crippen LogP contribution in [0.25, 0.3) is 0 Å². The number of hydrogen-bond acceptors (Lipinski definition) is 4. The van der Waals surface area contributed by atoms with Crippen LogP contribution in [0, 0.1) is 5.92 Å². The maximum atomic E-state index is 11.6. The molecule has 15 heavy (non-hydrogen) atoms. The number of rotatable bonds is 4. The van der Waals surface area contributed by atoms with E-state index >= 15 is 0 Å². The van der Waals surface area contributed by atoms with Crippen molar-refractivity contribution in [2.75, 3.05) is 32.7 Å². The van der Waals surface area contributed by atoms with E-state index in [9.17, 15) is 9.59 Å². The summed E-state index contributed by atoms with van der Waals surface area (Å²) in [4.78, 5) is 26.5. The van der Waals surface area contributed by atoms with Crippen LogP contribution < -0.4 is 5.73 Å². The zero-order valence-electron chi connectivity index (χ0n) is 9.40. The summed E-state index contributed by atoms with van der Waals surface area (Å²) >= 11 is 0. The van der Waals surface area contributed by atoms with E-state index in [4.69, 9.17) is 5.73 Å². The molecule has 1 fully saturated rings. The first-order chi connectivity index (χ1) is 7.08. The van der Waals surface area contributed by atoms with Crippen LogP contribution in [0.5, 0.6) is 0 Å². The summed E-state index contributed by atoms with van der Waals surface area (Å²) in [6.07, 6.45) is 0. The fourth-order valence-corrected chi connectivity index (χ4v) is 1.56. The molecule has 0 spiro atoms. The molecule has 5 nitrogen and oxygen atoms in total. The molecule has 1 heterocycles. The summed E-state index contributed by atoms with van der Waals surface area (Å²) in [6, 6.07) is 0. The SMILES string of the molecule is CCN1CC(=O)N(CC(C)CN)C(=O)C1. The number of likely N-dealkylation sites (N-methyl/N-ethyl adjacent to an activating group) is 1. The molecule has 86 valence electrons. The topological polar surface area (TPSA) is 66.6 Å². The third kappa shape index (κ3) is 3.00. The molecule has 0 aliphatic carbocycles. The molecule has 1 aliphatic heterocycles. The van der Waals surface area contributed by atoms with Crippen LogP contribution in [0.4, 0.5) is 0 Å². The van der Waals surface area contributed by atoms with Crippen LogP contribution in [-0.4, -0.2) is 54.3 Å². The smallest absolute Gasteiger partial charge is 0.243 e. The van der Waals surface area contributed by atoms with Crippen molar-refractivity contribution >= 4 is 11.8 Å². The van der Waals surface area contributed by atoms with Gasteiger partial charge in [-0.1, -0.05) is 13.8 Å². The summed E-state index contributed by atoms with van der Waals surface area (Å²) in [5.41, 5.74) is 5.47. The average molecular weight is 213 g/mol. The minimum Gasteiger partial charge on any atom is -0.330 e. The monoisotopic (exact) mass is 213 g/mol. The molecule has 1 rings (SSSR count). The van der Waals surface area contributed by atoms with Crippen molar-refractivity contribution in [2.24, 2.45) is 11.7 Å². The molecular weight excluding hydrogens is 194 g/mol. The number of nitrogens with two attached hydrogens (primary N) is 1. The number of nitrogens with zero attached hydrogens (tertiary/aromatic N) is 2. The number of hydrogen-bond donors (Lipinski definition) is 1. The van der Waals surface area contributed by atoms with Crippen LogP contribution in [-0.2, 0) is 9.59 Å². The predicted octanol–water partition coefficient (Wildman–Crippen LogP) is -0.728. The van der Waals surface area contributed by atoms with Gasteiger partial charge in [0, 0.05) is 6.54 Å². The van der Waals surface area contributed by atoms with Crippen LogP contribution in [0.15, 0.2) is 0 Å². The Morgan fingerprint density at radius 2 is 1.87 bits per heavy atom. The van der Waals surface area contributed by atoms with Gasteiger partial charge in [0.05, 0.1) is 13.1 Å². The third-order valence-electron chi connectivity index (χ3n) is 2.66. The first-order valence-electron chi connectivity index (χ1n) is 5.34. The Morgan fingerprint density at radius 1 is 1.33 bits per heavy atom. The zero-order chi connectivity index (χ0) is 11.4. The minimum absolute atomic E-state index is 0.103. The second-order valence-corrected chi connectivity index (χ2v) is 4.04. The number of carbonyl (C=O) groups excluding carboxylic acids is 2. The fourth-order valence-electron chi connectivity index (χ4n) is 1.56. The quantitative estimate of drug-likeness (QED) is 0.625. The lowest BCUT2D eigenvalue weighted by atomic mass is 10.1. The lowest BCUT2D eigenvalue weighted by molar-refractivity contribution is -0.151. The molecule has 5 heteroatoms. The Kier molecular flexibility index (Phi) is 4.23. The van der Waals surface area contributed by atoms with E-state index in [0.717, 1.165) is 6.54 Å². The molecule has 0 aromatic carbocycles. The standard InChI is InChI=1S/C10H19N3O2/c1-3-12-6-9(14)13(10(15)7-12)5-8(2)4-11/h8H,3-7,11H2,1-2H3. The second-order valence-electron chi connectivity index (χ2n) is 4.04. The predicted molar refractivity (Wildman–Crippen MR) is 57.1 cm³/mol. The molecule has 1 unspecified atom stereocenters. The summed E-state index contributed by atoms with van der Waals surface area (Å²) < 4.78 is 0. The van der Waals surface area contributed by atoms with Gasteiger partial charge in [0.15, 0.2) is 0 Å². The maximum Gasteiger partial charge on any atom is 0.243 e. The molecule has 2 amide bonds. The molecule has 0 saturated carbocycles. The van der Waals surface area contributed by atoms with Gasteiger partial charge in [0.2, 0.25) is 11.8 Å². The number of imide groups is 1.